The maximum absolute atomic E-state index is 12.2. The Bertz CT molecular complexity index is 735. The molecule has 2 N–H and O–H groups in total. The zero-order valence-corrected chi connectivity index (χ0v) is 17.2. The Labute approximate surface area is 168 Å². The van der Waals surface area contributed by atoms with Crippen molar-refractivity contribution in [2.24, 2.45) is 0 Å². The van der Waals surface area contributed by atoms with Crippen molar-refractivity contribution in [1.82, 2.24) is 5.32 Å². The van der Waals surface area contributed by atoms with Gasteiger partial charge in [0, 0.05) is 21.8 Å². The zero-order valence-electron chi connectivity index (χ0n) is 14.8. The first-order valence-corrected chi connectivity index (χ1v) is 9.89. The molecule has 0 aliphatic carbocycles. The SMILES string of the molecule is CCCCCCOc1cccc(NC(=S)NC(=O)c2ccc(Br)cc2)c1. The number of hydrogen-bond acceptors (Lipinski definition) is 3. The third kappa shape index (κ3) is 7.14. The van der Waals surface area contributed by atoms with Gasteiger partial charge < -0.3 is 10.1 Å². The van der Waals surface area contributed by atoms with Gasteiger partial charge in [0.25, 0.3) is 5.91 Å². The van der Waals surface area contributed by atoms with E-state index in [1.54, 1.807) is 12.1 Å². The molecule has 2 aromatic rings. The molecule has 0 bridgehead atoms. The number of benzene rings is 2. The topological polar surface area (TPSA) is 50.4 Å². The number of amides is 1. The van der Waals surface area contributed by atoms with Crippen LogP contribution in [0.3, 0.4) is 0 Å². The summed E-state index contributed by atoms with van der Waals surface area (Å²) >= 11 is 8.57. The van der Waals surface area contributed by atoms with Crippen LogP contribution in [0.4, 0.5) is 5.69 Å². The summed E-state index contributed by atoms with van der Waals surface area (Å²) in [6.45, 7) is 2.89. The van der Waals surface area contributed by atoms with Crippen molar-refractivity contribution >= 4 is 44.9 Å². The van der Waals surface area contributed by atoms with Crippen LogP contribution in [0, 0.1) is 0 Å². The van der Waals surface area contributed by atoms with Crippen LogP contribution >= 0.6 is 28.1 Å². The first-order valence-electron chi connectivity index (χ1n) is 8.69. The Morgan fingerprint density at radius 1 is 1.12 bits per heavy atom. The molecule has 0 heterocycles. The minimum Gasteiger partial charge on any atom is -0.494 e. The van der Waals surface area contributed by atoms with E-state index in [4.69, 9.17) is 17.0 Å². The molecule has 0 atom stereocenters. The van der Waals surface area contributed by atoms with Crippen molar-refractivity contribution in [2.45, 2.75) is 32.6 Å². The van der Waals surface area contributed by atoms with Gasteiger partial charge in [-0.15, -0.1) is 0 Å². The van der Waals surface area contributed by atoms with Gasteiger partial charge in [0.05, 0.1) is 6.61 Å². The molecule has 0 radical (unpaired) electrons. The van der Waals surface area contributed by atoms with Crippen molar-refractivity contribution in [2.75, 3.05) is 11.9 Å². The standard InChI is InChI=1S/C20H23BrN2O2S/c1-2-3-4-5-13-25-18-8-6-7-17(14-18)22-20(26)23-19(24)15-9-11-16(21)12-10-15/h6-12,14H,2-5,13H2,1H3,(H2,22,23,24,26). The smallest absolute Gasteiger partial charge is 0.257 e. The second kappa shape index (κ2) is 10.9. The molecule has 26 heavy (non-hydrogen) atoms. The molecule has 0 aliphatic rings. The summed E-state index contributed by atoms with van der Waals surface area (Å²) in [5.41, 5.74) is 1.32. The lowest BCUT2D eigenvalue weighted by molar-refractivity contribution is 0.0977. The minimum absolute atomic E-state index is 0.248. The Morgan fingerprint density at radius 2 is 1.88 bits per heavy atom. The molecule has 6 heteroatoms. The van der Waals surface area contributed by atoms with Gasteiger partial charge in [-0.1, -0.05) is 48.2 Å². The molecule has 0 saturated carbocycles. The molecular formula is C20H23BrN2O2S. The lowest BCUT2D eigenvalue weighted by atomic mass is 10.2. The van der Waals surface area contributed by atoms with Crippen molar-refractivity contribution in [1.29, 1.82) is 0 Å². The van der Waals surface area contributed by atoms with Crippen LogP contribution in [-0.4, -0.2) is 17.6 Å². The average molecular weight is 435 g/mol. The second-order valence-electron chi connectivity index (χ2n) is 5.85. The molecule has 0 spiro atoms. The Kier molecular flexibility index (Phi) is 8.58. The number of anilines is 1. The number of ether oxygens (including phenoxy) is 1. The number of carbonyl (C=O) groups excluding carboxylic acids is 1. The molecule has 2 aromatic carbocycles. The van der Waals surface area contributed by atoms with Crippen LogP contribution in [0.5, 0.6) is 5.75 Å². The normalized spacial score (nSPS) is 10.2. The van der Waals surface area contributed by atoms with Crippen molar-refractivity contribution in [3.05, 3.63) is 58.6 Å². The summed E-state index contributed by atoms with van der Waals surface area (Å²) in [6, 6.07) is 14.6. The third-order valence-corrected chi connectivity index (χ3v) is 4.42. The number of halogens is 1. The first kappa shape index (κ1) is 20.4. The van der Waals surface area contributed by atoms with Crippen molar-refractivity contribution in [3.8, 4) is 5.75 Å². The van der Waals surface area contributed by atoms with E-state index in [-0.39, 0.29) is 11.0 Å². The molecule has 0 unspecified atom stereocenters. The summed E-state index contributed by atoms with van der Waals surface area (Å²) in [4.78, 5) is 12.2. The molecule has 4 nitrogen and oxygen atoms in total. The fourth-order valence-corrected chi connectivity index (χ4v) is 2.80. The minimum atomic E-state index is -0.252. The van der Waals surface area contributed by atoms with Crippen molar-refractivity contribution in [3.63, 3.8) is 0 Å². The largest absolute Gasteiger partial charge is 0.494 e. The van der Waals surface area contributed by atoms with Crippen LogP contribution in [-0.2, 0) is 0 Å². The molecule has 1 amide bonds. The van der Waals surface area contributed by atoms with Gasteiger partial charge >= 0.3 is 0 Å². The maximum Gasteiger partial charge on any atom is 0.257 e. The molecule has 138 valence electrons. The van der Waals surface area contributed by atoms with Crippen molar-refractivity contribution < 1.29 is 9.53 Å². The number of thiocarbonyl (C=S) groups is 1. The fourth-order valence-electron chi connectivity index (χ4n) is 2.32. The van der Waals surface area contributed by atoms with Gasteiger partial charge in [0.1, 0.15) is 5.75 Å². The zero-order chi connectivity index (χ0) is 18.8. The molecular weight excluding hydrogens is 412 g/mol. The number of rotatable bonds is 8. The average Bonchev–Trinajstić information content (AvgIpc) is 2.62. The Hall–Kier alpha value is -1.92. The van der Waals surface area contributed by atoms with Gasteiger partial charge in [0.2, 0.25) is 0 Å². The molecule has 0 aliphatic heterocycles. The molecule has 0 fully saturated rings. The highest BCUT2D eigenvalue weighted by molar-refractivity contribution is 9.10. The quantitative estimate of drug-likeness (QED) is 0.423. The van der Waals surface area contributed by atoms with Gasteiger partial charge in [-0.2, -0.15) is 0 Å². The van der Waals surface area contributed by atoms with Gasteiger partial charge in [-0.3, -0.25) is 10.1 Å². The van der Waals surface area contributed by atoms with Gasteiger partial charge in [-0.25, -0.2) is 0 Å². The van der Waals surface area contributed by atoms with E-state index < -0.39 is 0 Å². The van der Waals surface area contributed by atoms with Crippen LogP contribution in [0.25, 0.3) is 0 Å². The monoisotopic (exact) mass is 434 g/mol. The highest BCUT2D eigenvalue weighted by Gasteiger charge is 2.08. The van der Waals surface area contributed by atoms with E-state index in [9.17, 15) is 4.79 Å². The van der Waals surface area contributed by atoms with Crippen LogP contribution in [0.2, 0.25) is 0 Å². The number of unbranched alkanes of at least 4 members (excludes halogenated alkanes) is 3. The van der Waals surface area contributed by atoms with Crippen LogP contribution in [0.1, 0.15) is 43.0 Å². The molecule has 0 aromatic heterocycles. The summed E-state index contributed by atoms with van der Waals surface area (Å²) in [5, 5.41) is 5.94. The number of hydrogen-bond donors (Lipinski definition) is 2. The van der Waals surface area contributed by atoms with E-state index in [1.165, 1.54) is 19.3 Å². The van der Waals surface area contributed by atoms with E-state index in [0.29, 0.717) is 12.2 Å². The predicted molar refractivity (Wildman–Crippen MR) is 114 cm³/mol. The summed E-state index contributed by atoms with van der Waals surface area (Å²) in [6.07, 6.45) is 4.67. The van der Waals surface area contributed by atoms with E-state index in [2.05, 4.69) is 33.5 Å². The Morgan fingerprint density at radius 3 is 2.62 bits per heavy atom. The Balaban J connectivity index is 1.83. The van der Waals surface area contributed by atoms with E-state index >= 15 is 0 Å². The lowest BCUT2D eigenvalue weighted by Crippen LogP contribution is -2.34. The summed E-state index contributed by atoms with van der Waals surface area (Å²) < 4.78 is 6.68. The summed E-state index contributed by atoms with van der Waals surface area (Å²) in [5.74, 6) is 0.534. The number of nitrogens with one attached hydrogen (secondary N) is 2. The predicted octanol–water partition coefficient (Wildman–Crippen LogP) is 5.54. The van der Waals surface area contributed by atoms with E-state index in [0.717, 1.165) is 22.3 Å². The molecule has 0 saturated heterocycles. The third-order valence-electron chi connectivity index (χ3n) is 3.69. The fraction of sp³-hybridized carbons (Fsp3) is 0.300. The lowest BCUT2D eigenvalue weighted by Gasteiger charge is -2.11. The van der Waals surface area contributed by atoms with Crippen LogP contribution in [0.15, 0.2) is 53.0 Å². The second-order valence-corrected chi connectivity index (χ2v) is 7.18. The van der Waals surface area contributed by atoms with Crippen LogP contribution < -0.4 is 15.4 Å². The maximum atomic E-state index is 12.2. The highest BCUT2D eigenvalue weighted by atomic mass is 79.9. The first-order chi connectivity index (χ1) is 12.6. The number of carbonyl (C=O) groups is 1. The highest BCUT2D eigenvalue weighted by Crippen LogP contribution is 2.18. The van der Waals surface area contributed by atoms with E-state index in [1.807, 2.05) is 36.4 Å². The molecule has 2 rings (SSSR count). The van der Waals surface area contributed by atoms with Gasteiger partial charge in [0.15, 0.2) is 5.11 Å². The van der Waals surface area contributed by atoms with Gasteiger partial charge in [-0.05, 0) is 55.0 Å². The summed E-state index contributed by atoms with van der Waals surface area (Å²) in [7, 11) is 0.